The van der Waals surface area contributed by atoms with E-state index in [1.165, 1.54) is 46.8 Å². The highest BCUT2D eigenvalue weighted by molar-refractivity contribution is 7.89. The van der Waals surface area contributed by atoms with Crippen molar-refractivity contribution >= 4 is 21.7 Å². The van der Waals surface area contributed by atoms with E-state index in [1.54, 1.807) is 0 Å². The largest absolute Gasteiger partial charge is 0.423 e. The molecule has 0 radical (unpaired) electrons. The second kappa shape index (κ2) is 8.49. The maximum Gasteiger partial charge on any atom is 0.343 e. The van der Waals surface area contributed by atoms with Crippen molar-refractivity contribution in [2.45, 2.75) is 30.6 Å². The molecule has 148 valence electrons. The summed E-state index contributed by atoms with van der Waals surface area (Å²) in [4.78, 5) is 22.6. The Morgan fingerprint density at radius 1 is 1.00 bits per heavy atom. The number of hydrogen-bond acceptors (Lipinski definition) is 6. The van der Waals surface area contributed by atoms with Crippen LogP contribution in [-0.2, 0) is 10.0 Å². The van der Waals surface area contributed by atoms with Gasteiger partial charge in [-0.1, -0.05) is 18.9 Å². The lowest BCUT2D eigenvalue weighted by Gasteiger charge is -2.19. The molecule has 0 amide bonds. The average Bonchev–Trinajstić information content (AvgIpc) is 2.98. The van der Waals surface area contributed by atoms with Crippen molar-refractivity contribution in [3.63, 3.8) is 0 Å². The van der Waals surface area contributed by atoms with Crippen LogP contribution in [0, 0.1) is 10.1 Å². The van der Waals surface area contributed by atoms with Gasteiger partial charge in [-0.25, -0.2) is 13.2 Å². The van der Waals surface area contributed by atoms with Crippen LogP contribution >= 0.6 is 0 Å². The minimum Gasteiger partial charge on any atom is -0.423 e. The summed E-state index contributed by atoms with van der Waals surface area (Å²) in [5.74, 6) is -0.681. The van der Waals surface area contributed by atoms with Gasteiger partial charge in [0.25, 0.3) is 5.69 Å². The Balaban J connectivity index is 1.73. The predicted octanol–water partition coefficient (Wildman–Crippen LogP) is 3.38. The third-order valence-electron chi connectivity index (χ3n) is 4.53. The van der Waals surface area contributed by atoms with Crippen molar-refractivity contribution in [2.75, 3.05) is 13.1 Å². The lowest BCUT2D eigenvalue weighted by Crippen LogP contribution is -2.31. The van der Waals surface area contributed by atoms with E-state index >= 15 is 0 Å². The number of nitro benzene ring substituents is 1. The molecule has 0 N–H and O–H groups in total. The van der Waals surface area contributed by atoms with E-state index in [-0.39, 0.29) is 21.9 Å². The van der Waals surface area contributed by atoms with Crippen molar-refractivity contribution in [1.29, 1.82) is 0 Å². The number of benzene rings is 2. The summed E-state index contributed by atoms with van der Waals surface area (Å²) in [6.45, 7) is 0.998. The fourth-order valence-electron chi connectivity index (χ4n) is 3.02. The molecule has 0 unspecified atom stereocenters. The van der Waals surface area contributed by atoms with E-state index in [9.17, 15) is 23.3 Å². The minimum atomic E-state index is -3.60. The number of esters is 1. The van der Waals surface area contributed by atoms with E-state index in [2.05, 4.69) is 0 Å². The third kappa shape index (κ3) is 4.55. The summed E-state index contributed by atoms with van der Waals surface area (Å²) in [7, 11) is -3.60. The highest BCUT2D eigenvalue weighted by atomic mass is 32.2. The monoisotopic (exact) mass is 404 g/mol. The number of hydrogen-bond donors (Lipinski definition) is 0. The summed E-state index contributed by atoms with van der Waals surface area (Å²) in [5.41, 5.74) is -0.0366. The smallest absolute Gasteiger partial charge is 0.343 e. The number of sulfonamides is 1. The van der Waals surface area contributed by atoms with E-state index in [0.717, 1.165) is 31.7 Å². The predicted molar refractivity (Wildman–Crippen MR) is 102 cm³/mol. The second-order valence-corrected chi connectivity index (χ2v) is 8.42. The van der Waals surface area contributed by atoms with E-state index in [1.807, 2.05) is 0 Å². The maximum atomic E-state index is 12.8. The van der Waals surface area contributed by atoms with Crippen molar-refractivity contribution in [3.8, 4) is 5.75 Å². The van der Waals surface area contributed by atoms with Crippen molar-refractivity contribution in [3.05, 3.63) is 64.2 Å². The first-order chi connectivity index (χ1) is 13.4. The molecule has 1 heterocycles. The van der Waals surface area contributed by atoms with Gasteiger partial charge in [-0.05, 0) is 43.2 Å². The number of nitro groups is 1. The second-order valence-electron chi connectivity index (χ2n) is 6.49. The quantitative estimate of drug-likeness (QED) is 0.327. The molecule has 0 saturated carbocycles. The molecule has 0 spiro atoms. The number of ether oxygens (including phenoxy) is 1. The Morgan fingerprint density at radius 2 is 1.64 bits per heavy atom. The molecule has 9 heteroatoms. The maximum absolute atomic E-state index is 12.8. The fourth-order valence-corrected chi connectivity index (χ4v) is 4.54. The van der Waals surface area contributed by atoms with Gasteiger partial charge < -0.3 is 4.74 Å². The van der Waals surface area contributed by atoms with Crippen LogP contribution in [0.5, 0.6) is 5.75 Å². The Bertz CT molecular complexity index is 964. The first-order valence-electron chi connectivity index (χ1n) is 8.95. The van der Waals surface area contributed by atoms with Gasteiger partial charge in [-0.2, -0.15) is 4.31 Å². The topological polar surface area (TPSA) is 107 Å². The van der Waals surface area contributed by atoms with Crippen LogP contribution in [0.4, 0.5) is 5.69 Å². The molecule has 3 rings (SSSR count). The number of carbonyl (C=O) groups excluding carboxylic acids is 1. The average molecular weight is 404 g/mol. The molecule has 8 nitrogen and oxygen atoms in total. The van der Waals surface area contributed by atoms with Gasteiger partial charge in [0.15, 0.2) is 0 Å². The van der Waals surface area contributed by atoms with Crippen LogP contribution in [0.3, 0.4) is 0 Å². The Morgan fingerprint density at radius 3 is 2.25 bits per heavy atom. The molecule has 0 aliphatic carbocycles. The van der Waals surface area contributed by atoms with E-state index in [0.29, 0.717) is 13.1 Å². The Labute approximate surface area is 162 Å². The lowest BCUT2D eigenvalue weighted by molar-refractivity contribution is -0.384. The molecule has 2 aromatic rings. The van der Waals surface area contributed by atoms with Gasteiger partial charge in [0, 0.05) is 19.2 Å². The van der Waals surface area contributed by atoms with Crippen LogP contribution in [0.15, 0.2) is 53.4 Å². The van der Waals surface area contributed by atoms with Crippen LogP contribution in [-0.4, -0.2) is 36.7 Å². The number of rotatable bonds is 5. The van der Waals surface area contributed by atoms with Crippen molar-refractivity contribution < 1.29 is 22.9 Å². The highest BCUT2D eigenvalue weighted by Crippen LogP contribution is 2.22. The molecule has 1 aliphatic rings. The molecule has 28 heavy (non-hydrogen) atoms. The molecule has 0 bridgehead atoms. The van der Waals surface area contributed by atoms with Crippen LogP contribution in [0.2, 0.25) is 0 Å². The molecule has 1 fully saturated rings. The zero-order valence-electron chi connectivity index (χ0n) is 15.1. The molecule has 1 aliphatic heterocycles. The Kier molecular flexibility index (Phi) is 6.05. The molecular formula is C19H20N2O6S. The van der Waals surface area contributed by atoms with Crippen LogP contribution in [0.1, 0.15) is 36.0 Å². The minimum absolute atomic E-state index is 0.0421. The summed E-state index contributed by atoms with van der Waals surface area (Å²) < 4.78 is 32.1. The first-order valence-corrected chi connectivity index (χ1v) is 10.4. The molecule has 0 aromatic heterocycles. The lowest BCUT2D eigenvalue weighted by atomic mass is 10.2. The molecular weight excluding hydrogens is 384 g/mol. The van der Waals surface area contributed by atoms with Gasteiger partial charge >= 0.3 is 5.97 Å². The molecule has 2 aromatic carbocycles. The zero-order valence-corrected chi connectivity index (χ0v) is 15.9. The Hall–Kier alpha value is -2.78. The third-order valence-corrected chi connectivity index (χ3v) is 6.44. The molecule has 0 atom stereocenters. The summed E-state index contributed by atoms with van der Waals surface area (Å²) in [5, 5.41) is 10.8. The molecule has 1 saturated heterocycles. The normalized spacial score (nSPS) is 15.6. The van der Waals surface area contributed by atoms with E-state index < -0.39 is 20.9 Å². The van der Waals surface area contributed by atoms with Gasteiger partial charge in [0.2, 0.25) is 10.0 Å². The summed E-state index contributed by atoms with van der Waals surface area (Å²) in [6.07, 6.45) is 3.72. The zero-order chi connectivity index (χ0) is 20.1. The van der Waals surface area contributed by atoms with Crippen LogP contribution < -0.4 is 4.74 Å². The van der Waals surface area contributed by atoms with E-state index in [4.69, 9.17) is 4.74 Å². The standard InChI is InChI=1S/C19H20N2O6S/c22-19(27-17-7-5-6-16(14-17)21(23)24)15-8-10-18(11-9-15)28(25,26)20-12-3-1-2-4-13-20/h5-11,14H,1-4,12-13H2. The number of non-ortho nitro benzene ring substituents is 1. The van der Waals surface area contributed by atoms with Crippen LogP contribution in [0.25, 0.3) is 0 Å². The van der Waals surface area contributed by atoms with Crippen molar-refractivity contribution in [2.24, 2.45) is 0 Å². The first kappa shape index (κ1) is 20.0. The van der Waals surface area contributed by atoms with Gasteiger partial charge in [0.1, 0.15) is 5.75 Å². The summed E-state index contributed by atoms with van der Waals surface area (Å²) in [6, 6.07) is 10.8. The van der Waals surface area contributed by atoms with Gasteiger partial charge in [0.05, 0.1) is 21.4 Å². The van der Waals surface area contributed by atoms with Gasteiger partial charge in [-0.3, -0.25) is 10.1 Å². The summed E-state index contributed by atoms with van der Waals surface area (Å²) >= 11 is 0. The van der Waals surface area contributed by atoms with Crippen molar-refractivity contribution in [1.82, 2.24) is 4.31 Å². The number of nitrogens with zero attached hydrogens (tertiary/aromatic N) is 2. The van der Waals surface area contributed by atoms with Gasteiger partial charge in [-0.15, -0.1) is 0 Å². The highest BCUT2D eigenvalue weighted by Gasteiger charge is 2.25. The fraction of sp³-hybridized carbons (Fsp3) is 0.316. The SMILES string of the molecule is O=C(Oc1cccc([N+](=O)[O-])c1)c1ccc(S(=O)(=O)N2CCCCCC2)cc1. The number of carbonyl (C=O) groups is 1.